The summed E-state index contributed by atoms with van der Waals surface area (Å²) in [4.78, 5) is 12.5. The number of ether oxygens (including phenoxy) is 2. The molecule has 0 saturated heterocycles. The first-order valence-electron chi connectivity index (χ1n) is 5.99. The van der Waals surface area contributed by atoms with Crippen molar-refractivity contribution >= 4 is 5.78 Å². The Labute approximate surface area is 112 Å². The van der Waals surface area contributed by atoms with Crippen LogP contribution in [-0.4, -0.2) is 20.0 Å². The lowest BCUT2D eigenvalue weighted by molar-refractivity contribution is 0.103. The normalized spacial score (nSPS) is 10.1. The number of aryl methyl sites for hydroxylation is 1. The third kappa shape index (κ3) is 2.76. The molecule has 0 radical (unpaired) electrons. The minimum atomic E-state index is -0.0321. The Balaban J connectivity index is 2.47. The van der Waals surface area contributed by atoms with Crippen molar-refractivity contribution in [3.8, 4) is 11.5 Å². The van der Waals surface area contributed by atoms with Crippen LogP contribution in [0.15, 0.2) is 42.5 Å². The Morgan fingerprint density at radius 2 is 1.53 bits per heavy atom. The zero-order valence-corrected chi connectivity index (χ0v) is 11.3. The highest BCUT2D eigenvalue weighted by Crippen LogP contribution is 2.25. The molecule has 0 aromatic heterocycles. The van der Waals surface area contributed by atoms with Crippen LogP contribution in [0.4, 0.5) is 0 Å². The van der Waals surface area contributed by atoms with Gasteiger partial charge >= 0.3 is 0 Å². The van der Waals surface area contributed by atoms with Gasteiger partial charge < -0.3 is 9.47 Å². The molecule has 0 aliphatic carbocycles. The summed E-state index contributed by atoms with van der Waals surface area (Å²) in [7, 11) is 3.13. The second-order valence-electron chi connectivity index (χ2n) is 4.25. The molecule has 0 aliphatic heterocycles. The molecule has 0 spiro atoms. The molecule has 98 valence electrons. The fourth-order valence-corrected chi connectivity index (χ4v) is 1.92. The number of ketones is 1. The van der Waals surface area contributed by atoms with Gasteiger partial charge in [0.2, 0.25) is 0 Å². The number of hydrogen-bond acceptors (Lipinski definition) is 3. The van der Waals surface area contributed by atoms with Gasteiger partial charge in [-0.25, -0.2) is 0 Å². The van der Waals surface area contributed by atoms with Gasteiger partial charge in [0.05, 0.1) is 14.2 Å². The van der Waals surface area contributed by atoms with Crippen LogP contribution in [0.5, 0.6) is 11.5 Å². The fraction of sp³-hybridized carbons (Fsp3) is 0.188. The minimum absolute atomic E-state index is 0.0321. The zero-order chi connectivity index (χ0) is 13.8. The molecule has 3 heteroatoms. The van der Waals surface area contributed by atoms with Crippen molar-refractivity contribution in [2.24, 2.45) is 0 Å². The van der Waals surface area contributed by atoms with Crippen LogP contribution in [0.1, 0.15) is 21.5 Å². The predicted octanol–water partition coefficient (Wildman–Crippen LogP) is 3.24. The molecular weight excluding hydrogens is 240 g/mol. The molecule has 0 bridgehead atoms. The van der Waals surface area contributed by atoms with Crippen molar-refractivity contribution in [2.45, 2.75) is 6.92 Å². The van der Waals surface area contributed by atoms with Crippen LogP contribution < -0.4 is 9.47 Å². The molecule has 0 amide bonds. The van der Waals surface area contributed by atoms with E-state index in [0.717, 1.165) is 5.56 Å². The lowest BCUT2D eigenvalue weighted by Gasteiger charge is -2.09. The standard InChI is InChI=1S/C16H16O3/c1-11-6-4-5-7-15(11)16(17)12-8-13(18-2)10-14(9-12)19-3/h4-10H,1-3H3. The first kappa shape index (κ1) is 13.1. The van der Waals surface area contributed by atoms with E-state index in [-0.39, 0.29) is 5.78 Å². The Morgan fingerprint density at radius 1 is 0.947 bits per heavy atom. The number of rotatable bonds is 4. The van der Waals surface area contributed by atoms with E-state index in [1.165, 1.54) is 0 Å². The summed E-state index contributed by atoms with van der Waals surface area (Å²) in [6.07, 6.45) is 0. The summed E-state index contributed by atoms with van der Waals surface area (Å²) >= 11 is 0. The molecule has 2 rings (SSSR count). The molecule has 0 saturated carbocycles. The number of methoxy groups -OCH3 is 2. The Kier molecular flexibility index (Phi) is 3.85. The maximum atomic E-state index is 12.5. The zero-order valence-electron chi connectivity index (χ0n) is 11.3. The number of carbonyl (C=O) groups is 1. The van der Waals surface area contributed by atoms with Gasteiger partial charge in [0.15, 0.2) is 5.78 Å². The summed E-state index contributed by atoms with van der Waals surface area (Å²) in [5, 5.41) is 0. The summed E-state index contributed by atoms with van der Waals surface area (Å²) < 4.78 is 10.4. The van der Waals surface area contributed by atoms with E-state index in [9.17, 15) is 4.79 Å². The van der Waals surface area contributed by atoms with E-state index < -0.39 is 0 Å². The molecule has 0 atom stereocenters. The average Bonchev–Trinajstić information content (AvgIpc) is 2.46. The molecule has 2 aromatic carbocycles. The highest BCUT2D eigenvalue weighted by Gasteiger charge is 2.13. The lowest BCUT2D eigenvalue weighted by Crippen LogP contribution is -2.04. The number of benzene rings is 2. The van der Waals surface area contributed by atoms with Crippen molar-refractivity contribution in [1.29, 1.82) is 0 Å². The lowest BCUT2D eigenvalue weighted by atomic mass is 9.99. The smallest absolute Gasteiger partial charge is 0.193 e. The third-order valence-electron chi connectivity index (χ3n) is 3.00. The van der Waals surface area contributed by atoms with Gasteiger partial charge in [-0.1, -0.05) is 24.3 Å². The molecule has 0 unspecified atom stereocenters. The molecule has 0 heterocycles. The van der Waals surface area contributed by atoms with Gasteiger partial charge in [0.1, 0.15) is 11.5 Å². The summed E-state index contributed by atoms with van der Waals surface area (Å²) in [5.41, 5.74) is 2.21. The van der Waals surface area contributed by atoms with Gasteiger partial charge in [-0.05, 0) is 24.6 Å². The molecule has 19 heavy (non-hydrogen) atoms. The topological polar surface area (TPSA) is 35.5 Å². The van der Waals surface area contributed by atoms with E-state index in [4.69, 9.17) is 9.47 Å². The van der Waals surface area contributed by atoms with E-state index in [1.807, 2.05) is 31.2 Å². The van der Waals surface area contributed by atoms with E-state index in [0.29, 0.717) is 22.6 Å². The van der Waals surface area contributed by atoms with Crippen LogP contribution in [0, 0.1) is 6.92 Å². The maximum Gasteiger partial charge on any atom is 0.193 e. The minimum Gasteiger partial charge on any atom is -0.497 e. The average molecular weight is 256 g/mol. The molecule has 0 fully saturated rings. The summed E-state index contributed by atoms with van der Waals surface area (Å²) in [6.45, 7) is 1.92. The largest absolute Gasteiger partial charge is 0.497 e. The molecule has 0 aliphatic rings. The van der Waals surface area contributed by atoms with Crippen molar-refractivity contribution in [2.75, 3.05) is 14.2 Å². The van der Waals surface area contributed by atoms with E-state index in [1.54, 1.807) is 32.4 Å². The highest BCUT2D eigenvalue weighted by molar-refractivity contribution is 6.10. The van der Waals surface area contributed by atoms with Crippen molar-refractivity contribution in [3.05, 3.63) is 59.2 Å². The van der Waals surface area contributed by atoms with Gasteiger partial charge in [-0.2, -0.15) is 0 Å². The number of hydrogen-bond donors (Lipinski definition) is 0. The summed E-state index contributed by atoms with van der Waals surface area (Å²) in [5.74, 6) is 1.18. The van der Waals surface area contributed by atoms with Crippen LogP contribution in [0.3, 0.4) is 0 Å². The van der Waals surface area contributed by atoms with Crippen molar-refractivity contribution in [3.63, 3.8) is 0 Å². The van der Waals surface area contributed by atoms with Gasteiger partial charge in [-0.3, -0.25) is 4.79 Å². The molecule has 0 N–H and O–H groups in total. The van der Waals surface area contributed by atoms with Gasteiger partial charge in [0.25, 0.3) is 0 Å². The summed E-state index contributed by atoms with van der Waals surface area (Å²) in [6, 6.07) is 12.7. The fourth-order valence-electron chi connectivity index (χ4n) is 1.92. The highest BCUT2D eigenvalue weighted by atomic mass is 16.5. The van der Waals surface area contributed by atoms with Crippen molar-refractivity contribution < 1.29 is 14.3 Å². The van der Waals surface area contributed by atoms with E-state index >= 15 is 0 Å². The first-order valence-corrected chi connectivity index (χ1v) is 5.99. The monoisotopic (exact) mass is 256 g/mol. The van der Waals surface area contributed by atoms with Gasteiger partial charge in [-0.15, -0.1) is 0 Å². The third-order valence-corrected chi connectivity index (χ3v) is 3.00. The predicted molar refractivity (Wildman–Crippen MR) is 74.2 cm³/mol. The van der Waals surface area contributed by atoms with Crippen LogP contribution in [-0.2, 0) is 0 Å². The quantitative estimate of drug-likeness (QED) is 0.788. The molecule has 3 nitrogen and oxygen atoms in total. The van der Waals surface area contributed by atoms with Crippen molar-refractivity contribution in [1.82, 2.24) is 0 Å². The van der Waals surface area contributed by atoms with Crippen LogP contribution in [0.25, 0.3) is 0 Å². The maximum absolute atomic E-state index is 12.5. The Bertz CT molecular complexity index is 580. The van der Waals surface area contributed by atoms with Crippen LogP contribution >= 0.6 is 0 Å². The second-order valence-corrected chi connectivity index (χ2v) is 4.25. The molecular formula is C16H16O3. The number of carbonyl (C=O) groups excluding carboxylic acids is 1. The Hall–Kier alpha value is -2.29. The first-order chi connectivity index (χ1) is 9.15. The SMILES string of the molecule is COc1cc(OC)cc(C(=O)c2ccccc2C)c1. The van der Waals surface area contributed by atoms with Gasteiger partial charge in [0, 0.05) is 17.2 Å². The van der Waals surface area contributed by atoms with Crippen LogP contribution in [0.2, 0.25) is 0 Å². The Morgan fingerprint density at radius 3 is 2.05 bits per heavy atom. The van der Waals surface area contributed by atoms with E-state index in [2.05, 4.69) is 0 Å². The second kappa shape index (κ2) is 5.57. The molecule has 2 aromatic rings.